The number of amides is 3. The third kappa shape index (κ3) is 3.30. The highest BCUT2D eigenvalue weighted by atomic mass is 16.5. The van der Waals surface area contributed by atoms with Crippen LogP contribution >= 0.6 is 0 Å². The lowest BCUT2D eigenvalue weighted by Gasteiger charge is -2.33. The van der Waals surface area contributed by atoms with Crippen molar-refractivity contribution in [1.29, 1.82) is 0 Å². The number of hydrogen-bond acceptors (Lipinski definition) is 5. The molecule has 3 amide bonds. The second-order valence-corrected chi connectivity index (χ2v) is 7.00. The molecule has 0 radical (unpaired) electrons. The Hall–Kier alpha value is -3.03. The Balaban J connectivity index is 1.60. The molecule has 4 rings (SSSR count). The van der Waals surface area contributed by atoms with Gasteiger partial charge in [0.2, 0.25) is 5.91 Å². The van der Waals surface area contributed by atoms with E-state index in [-0.39, 0.29) is 19.1 Å². The molecule has 0 bridgehead atoms. The van der Waals surface area contributed by atoms with Crippen molar-refractivity contribution in [2.24, 2.45) is 0 Å². The average Bonchev–Trinajstić information content (AvgIpc) is 3.35. The van der Waals surface area contributed by atoms with Gasteiger partial charge in [0, 0.05) is 13.1 Å². The third-order valence-electron chi connectivity index (χ3n) is 5.27. The summed E-state index contributed by atoms with van der Waals surface area (Å²) in [5.41, 5.74) is 1.62. The van der Waals surface area contributed by atoms with E-state index in [9.17, 15) is 14.4 Å². The summed E-state index contributed by atoms with van der Waals surface area (Å²) in [7, 11) is 0. The van der Waals surface area contributed by atoms with Crippen molar-refractivity contribution in [3.8, 4) is 5.75 Å². The van der Waals surface area contributed by atoms with Crippen molar-refractivity contribution >= 4 is 17.9 Å². The molecule has 1 saturated heterocycles. The minimum Gasteiger partial charge on any atom is -0.494 e. The van der Waals surface area contributed by atoms with Crippen LogP contribution in [0.4, 0.5) is 4.79 Å². The van der Waals surface area contributed by atoms with E-state index in [0.29, 0.717) is 31.0 Å². The molecule has 1 fully saturated rings. The summed E-state index contributed by atoms with van der Waals surface area (Å²) in [5, 5.41) is 2.85. The molecule has 0 aromatic heterocycles. The predicted molar refractivity (Wildman–Crippen MR) is 99.4 cm³/mol. The molecule has 0 saturated carbocycles. The maximum absolute atomic E-state index is 12.8. The molecule has 1 atom stereocenters. The van der Waals surface area contributed by atoms with E-state index in [0.717, 1.165) is 24.2 Å². The molecule has 148 valence electrons. The standard InChI is InChI=1S/C20H23N3O5/c1-2-27-14-7-5-13(6-8-14)18-17-15(12-28-19(17)25)23(20(26)21-18)11-16(24)22-9-3-4-10-22/h5-8,18H,2-4,9-12H2,1H3,(H,21,26). The molecule has 1 N–H and O–H groups in total. The van der Waals surface area contributed by atoms with Crippen LogP contribution in [0.1, 0.15) is 31.4 Å². The monoisotopic (exact) mass is 385 g/mol. The van der Waals surface area contributed by atoms with E-state index in [1.54, 1.807) is 17.0 Å². The summed E-state index contributed by atoms with van der Waals surface area (Å²) < 4.78 is 10.6. The number of cyclic esters (lactones) is 1. The zero-order chi connectivity index (χ0) is 19.7. The van der Waals surface area contributed by atoms with Crippen molar-refractivity contribution in [2.45, 2.75) is 25.8 Å². The molecular formula is C20H23N3O5. The van der Waals surface area contributed by atoms with Crippen LogP contribution in [0.15, 0.2) is 35.5 Å². The Kier molecular flexibility index (Phi) is 4.93. The van der Waals surface area contributed by atoms with Crippen molar-refractivity contribution < 1.29 is 23.9 Å². The highest BCUT2D eigenvalue weighted by molar-refractivity contribution is 5.98. The number of ether oxygens (including phenoxy) is 2. The lowest BCUT2D eigenvalue weighted by Crippen LogP contribution is -2.50. The first kappa shape index (κ1) is 18.3. The largest absolute Gasteiger partial charge is 0.494 e. The molecule has 28 heavy (non-hydrogen) atoms. The summed E-state index contributed by atoms with van der Waals surface area (Å²) in [6.07, 6.45) is 1.96. The van der Waals surface area contributed by atoms with Crippen molar-refractivity contribution in [1.82, 2.24) is 15.1 Å². The van der Waals surface area contributed by atoms with Crippen LogP contribution in [0.25, 0.3) is 0 Å². The van der Waals surface area contributed by atoms with Gasteiger partial charge in [-0.05, 0) is 37.5 Å². The van der Waals surface area contributed by atoms with E-state index in [1.807, 2.05) is 19.1 Å². The minimum atomic E-state index is -0.605. The molecule has 3 aliphatic heterocycles. The molecular weight excluding hydrogens is 362 g/mol. The highest BCUT2D eigenvalue weighted by Crippen LogP contribution is 2.35. The molecule has 1 unspecified atom stereocenters. The lowest BCUT2D eigenvalue weighted by atomic mass is 9.95. The van der Waals surface area contributed by atoms with Crippen LogP contribution < -0.4 is 10.1 Å². The summed E-state index contributed by atoms with van der Waals surface area (Å²) in [4.78, 5) is 40.8. The Labute approximate surface area is 163 Å². The van der Waals surface area contributed by atoms with E-state index in [2.05, 4.69) is 5.32 Å². The first-order valence-electron chi connectivity index (χ1n) is 9.57. The Morgan fingerprint density at radius 3 is 2.61 bits per heavy atom. The zero-order valence-electron chi connectivity index (χ0n) is 15.8. The van der Waals surface area contributed by atoms with Gasteiger partial charge in [-0.1, -0.05) is 12.1 Å². The van der Waals surface area contributed by atoms with Gasteiger partial charge in [-0.25, -0.2) is 9.59 Å². The number of rotatable bonds is 5. The second kappa shape index (κ2) is 7.53. The zero-order valence-corrected chi connectivity index (χ0v) is 15.8. The predicted octanol–water partition coefficient (Wildman–Crippen LogP) is 1.58. The van der Waals surface area contributed by atoms with Gasteiger partial charge in [0.15, 0.2) is 0 Å². The van der Waals surface area contributed by atoms with Gasteiger partial charge in [0.1, 0.15) is 18.9 Å². The van der Waals surface area contributed by atoms with Crippen LogP contribution in [-0.2, 0) is 14.3 Å². The van der Waals surface area contributed by atoms with Crippen LogP contribution in [-0.4, -0.2) is 60.6 Å². The van der Waals surface area contributed by atoms with Crippen LogP contribution in [0.5, 0.6) is 5.75 Å². The number of nitrogens with zero attached hydrogens (tertiary/aromatic N) is 2. The van der Waals surface area contributed by atoms with E-state index in [1.165, 1.54) is 4.90 Å². The Morgan fingerprint density at radius 2 is 1.93 bits per heavy atom. The molecule has 0 aliphatic carbocycles. The summed E-state index contributed by atoms with van der Waals surface area (Å²) in [5.74, 6) is 0.139. The number of benzene rings is 1. The van der Waals surface area contributed by atoms with Crippen LogP contribution in [0.3, 0.4) is 0 Å². The van der Waals surface area contributed by atoms with Gasteiger partial charge in [0.05, 0.1) is 23.9 Å². The first-order chi connectivity index (χ1) is 13.6. The topological polar surface area (TPSA) is 88.2 Å². The molecule has 3 heterocycles. The van der Waals surface area contributed by atoms with Crippen molar-refractivity contribution in [2.75, 3.05) is 32.8 Å². The van der Waals surface area contributed by atoms with Gasteiger partial charge >= 0.3 is 12.0 Å². The number of likely N-dealkylation sites (tertiary alicyclic amines) is 1. The molecule has 8 heteroatoms. The fraction of sp³-hybridized carbons (Fsp3) is 0.450. The van der Waals surface area contributed by atoms with Crippen molar-refractivity contribution in [3.05, 3.63) is 41.1 Å². The van der Waals surface area contributed by atoms with Crippen molar-refractivity contribution in [3.63, 3.8) is 0 Å². The van der Waals surface area contributed by atoms with Gasteiger partial charge in [-0.15, -0.1) is 0 Å². The maximum Gasteiger partial charge on any atom is 0.338 e. The van der Waals surface area contributed by atoms with Crippen LogP contribution in [0, 0.1) is 0 Å². The number of nitrogens with one attached hydrogen (secondary N) is 1. The van der Waals surface area contributed by atoms with Crippen LogP contribution in [0.2, 0.25) is 0 Å². The Morgan fingerprint density at radius 1 is 1.21 bits per heavy atom. The molecule has 8 nitrogen and oxygen atoms in total. The fourth-order valence-corrected chi connectivity index (χ4v) is 3.85. The highest BCUT2D eigenvalue weighted by Gasteiger charge is 2.43. The second-order valence-electron chi connectivity index (χ2n) is 7.00. The fourth-order valence-electron chi connectivity index (χ4n) is 3.85. The summed E-state index contributed by atoms with van der Waals surface area (Å²) >= 11 is 0. The maximum atomic E-state index is 12.8. The Bertz CT molecular complexity index is 827. The SMILES string of the molecule is CCOc1ccc(C2NC(=O)N(CC(=O)N3CCCC3)C3=C2C(=O)OC3)cc1. The third-order valence-corrected chi connectivity index (χ3v) is 5.27. The molecule has 0 spiro atoms. The molecule has 1 aromatic carbocycles. The number of carbonyl (C=O) groups is 3. The number of hydrogen-bond donors (Lipinski definition) is 1. The van der Waals surface area contributed by atoms with Gasteiger partial charge < -0.3 is 19.7 Å². The van der Waals surface area contributed by atoms with Gasteiger partial charge in [-0.3, -0.25) is 9.69 Å². The van der Waals surface area contributed by atoms with Gasteiger partial charge in [-0.2, -0.15) is 0 Å². The van der Waals surface area contributed by atoms with E-state index < -0.39 is 18.0 Å². The number of esters is 1. The number of carbonyl (C=O) groups excluding carboxylic acids is 3. The summed E-state index contributed by atoms with van der Waals surface area (Å²) in [6, 6.07) is 6.23. The smallest absolute Gasteiger partial charge is 0.338 e. The van der Waals surface area contributed by atoms with E-state index >= 15 is 0 Å². The molecule has 3 aliphatic rings. The normalized spacial score (nSPS) is 21.5. The minimum absolute atomic E-state index is 0.00238. The number of urea groups is 1. The first-order valence-corrected chi connectivity index (χ1v) is 9.57. The summed E-state index contributed by atoms with van der Waals surface area (Å²) in [6.45, 7) is 3.80. The molecule has 1 aromatic rings. The van der Waals surface area contributed by atoms with E-state index in [4.69, 9.17) is 9.47 Å². The quantitative estimate of drug-likeness (QED) is 0.778. The average molecular weight is 385 g/mol. The van der Waals surface area contributed by atoms with Gasteiger partial charge in [0.25, 0.3) is 0 Å². The lowest BCUT2D eigenvalue weighted by molar-refractivity contribution is -0.136.